The zero-order valence-corrected chi connectivity index (χ0v) is 17.9. The molecule has 3 aromatic carbocycles. The lowest BCUT2D eigenvalue weighted by Crippen LogP contribution is -2.60. The van der Waals surface area contributed by atoms with E-state index < -0.39 is 11.3 Å². The van der Waals surface area contributed by atoms with Crippen LogP contribution in [0.5, 0.6) is 0 Å². The third kappa shape index (κ3) is 3.07. The average Bonchev–Trinajstić information content (AvgIpc) is 2.93. The Hall–Kier alpha value is -3.14. The van der Waals surface area contributed by atoms with Gasteiger partial charge in [-0.2, -0.15) is 0 Å². The summed E-state index contributed by atoms with van der Waals surface area (Å²) in [5, 5.41) is 1.86. The molecule has 154 valence electrons. The maximum atomic E-state index is 14.0. The molecule has 0 aromatic heterocycles. The Morgan fingerprint density at radius 1 is 0.933 bits per heavy atom. The van der Waals surface area contributed by atoms with Crippen molar-refractivity contribution in [2.45, 2.75) is 45.4 Å². The zero-order chi connectivity index (χ0) is 21.5. The van der Waals surface area contributed by atoms with Crippen LogP contribution in [0.1, 0.15) is 43.6 Å². The Bertz CT molecular complexity index is 1100. The number of benzene rings is 3. The summed E-state index contributed by atoms with van der Waals surface area (Å²) in [6.07, 6.45) is 0.407. The van der Waals surface area contributed by atoms with Gasteiger partial charge in [0, 0.05) is 12.0 Å². The quantitative estimate of drug-likeness (QED) is 0.564. The number of rotatable bonds is 4. The van der Waals surface area contributed by atoms with Crippen LogP contribution in [-0.4, -0.2) is 28.0 Å². The number of carbonyl (C=O) groups excluding carboxylic acids is 2. The summed E-state index contributed by atoms with van der Waals surface area (Å²) >= 11 is 0. The zero-order valence-electron chi connectivity index (χ0n) is 17.9. The summed E-state index contributed by atoms with van der Waals surface area (Å²) < 4.78 is 5.83. The van der Waals surface area contributed by atoms with Crippen LogP contribution in [0.25, 0.3) is 10.8 Å². The van der Waals surface area contributed by atoms with Crippen LogP contribution in [0.15, 0.2) is 72.8 Å². The van der Waals surface area contributed by atoms with Gasteiger partial charge in [0.2, 0.25) is 0 Å². The Kier molecular flexibility index (Phi) is 4.89. The normalized spacial score (nSPS) is 20.6. The van der Waals surface area contributed by atoms with E-state index in [-0.39, 0.29) is 17.8 Å². The van der Waals surface area contributed by atoms with E-state index in [0.29, 0.717) is 12.0 Å². The highest BCUT2D eigenvalue weighted by Crippen LogP contribution is 2.44. The van der Waals surface area contributed by atoms with E-state index in [1.165, 1.54) is 0 Å². The van der Waals surface area contributed by atoms with Crippen molar-refractivity contribution in [1.82, 2.24) is 4.90 Å². The van der Waals surface area contributed by atoms with Gasteiger partial charge in [-0.3, -0.25) is 9.69 Å². The second-order valence-electron chi connectivity index (χ2n) is 8.74. The number of carbonyl (C=O) groups is 2. The topological polar surface area (TPSA) is 46.6 Å². The summed E-state index contributed by atoms with van der Waals surface area (Å²) in [5.74, 6) is -0.668. The lowest BCUT2D eigenvalue weighted by molar-refractivity contribution is -0.150. The number of nitrogens with zero attached hydrogens (tertiary/aromatic N) is 1. The van der Waals surface area contributed by atoms with Crippen molar-refractivity contribution in [3.63, 3.8) is 0 Å². The van der Waals surface area contributed by atoms with E-state index in [9.17, 15) is 9.59 Å². The van der Waals surface area contributed by atoms with Crippen molar-refractivity contribution in [3.8, 4) is 0 Å². The molecule has 1 atom stereocenters. The molecule has 0 saturated carbocycles. The Balaban J connectivity index is 1.89. The molecular formula is C26H27NO3. The maximum Gasteiger partial charge on any atom is 0.334 e. The molecule has 0 radical (unpaired) electrons. The SMILES string of the molecule is CC(C)[C@@]1(Cc2ccccc2)C(=O)OC(C)(C)N1C(=O)c1cccc2ccccc12. The lowest BCUT2D eigenvalue weighted by atomic mass is 9.78. The van der Waals surface area contributed by atoms with Gasteiger partial charge < -0.3 is 4.74 Å². The Morgan fingerprint density at radius 3 is 2.27 bits per heavy atom. The predicted octanol–water partition coefficient (Wildman–Crippen LogP) is 5.21. The first kappa shape index (κ1) is 20.1. The van der Waals surface area contributed by atoms with E-state index in [1.54, 1.807) is 18.7 Å². The third-order valence-corrected chi connectivity index (χ3v) is 6.13. The molecule has 4 nitrogen and oxygen atoms in total. The number of fused-ring (bicyclic) bond motifs is 1. The number of hydrogen-bond acceptors (Lipinski definition) is 3. The van der Waals surface area contributed by atoms with Crippen molar-refractivity contribution in [2.24, 2.45) is 5.92 Å². The minimum atomic E-state index is -1.08. The van der Waals surface area contributed by atoms with Gasteiger partial charge in [0.05, 0.1) is 0 Å². The van der Waals surface area contributed by atoms with Crippen LogP contribution in [0.4, 0.5) is 0 Å². The maximum absolute atomic E-state index is 14.0. The van der Waals surface area contributed by atoms with E-state index >= 15 is 0 Å². The number of ether oxygens (including phenoxy) is 1. The van der Waals surface area contributed by atoms with E-state index in [1.807, 2.05) is 86.6 Å². The third-order valence-electron chi connectivity index (χ3n) is 6.13. The first-order chi connectivity index (χ1) is 14.3. The minimum Gasteiger partial charge on any atom is -0.438 e. The fraction of sp³-hybridized carbons (Fsp3) is 0.308. The molecule has 0 N–H and O–H groups in total. The molecule has 3 aromatic rings. The fourth-order valence-corrected chi connectivity index (χ4v) is 4.65. The van der Waals surface area contributed by atoms with Gasteiger partial charge in [-0.15, -0.1) is 0 Å². The highest BCUT2D eigenvalue weighted by Gasteiger charge is 2.62. The van der Waals surface area contributed by atoms with Gasteiger partial charge in [0.15, 0.2) is 11.3 Å². The van der Waals surface area contributed by atoms with Crippen LogP contribution in [0.3, 0.4) is 0 Å². The van der Waals surface area contributed by atoms with Crippen LogP contribution in [0, 0.1) is 5.92 Å². The van der Waals surface area contributed by atoms with Gasteiger partial charge in [-0.25, -0.2) is 4.79 Å². The summed E-state index contributed by atoms with van der Waals surface area (Å²) in [7, 11) is 0. The number of cyclic esters (lactones) is 1. The van der Waals surface area contributed by atoms with Gasteiger partial charge in [-0.1, -0.05) is 80.6 Å². The van der Waals surface area contributed by atoms with Crippen LogP contribution in [0.2, 0.25) is 0 Å². The number of amides is 1. The largest absolute Gasteiger partial charge is 0.438 e. The molecule has 1 aliphatic heterocycles. The van der Waals surface area contributed by atoms with E-state index in [4.69, 9.17) is 4.74 Å². The second kappa shape index (κ2) is 7.28. The molecule has 0 aliphatic carbocycles. The predicted molar refractivity (Wildman–Crippen MR) is 118 cm³/mol. The smallest absolute Gasteiger partial charge is 0.334 e. The number of hydrogen-bond donors (Lipinski definition) is 0. The van der Waals surface area contributed by atoms with Crippen molar-refractivity contribution in [1.29, 1.82) is 0 Å². The van der Waals surface area contributed by atoms with Crippen LogP contribution in [-0.2, 0) is 16.0 Å². The molecule has 4 rings (SSSR count). The first-order valence-corrected chi connectivity index (χ1v) is 10.4. The van der Waals surface area contributed by atoms with Crippen molar-refractivity contribution >= 4 is 22.6 Å². The molecule has 1 aliphatic rings. The standard InChI is InChI=1S/C26H27NO3/c1-18(2)26(17-19-11-6-5-7-12-19)24(29)30-25(3,4)27(26)23(28)22-16-10-14-20-13-8-9-15-21(20)22/h5-16,18H,17H2,1-4H3/t26-/m0/s1. The van der Waals surface area contributed by atoms with Gasteiger partial charge >= 0.3 is 5.97 Å². The van der Waals surface area contributed by atoms with Gasteiger partial charge in [-0.05, 0) is 42.2 Å². The molecule has 0 unspecified atom stereocenters. The lowest BCUT2D eigenvalue weighted by Gasteiger charge is -2.42. The summed E-state index contributed by atoms with van der Waals surface area (Å²) in [4.78, 5) is 29.1. The fourth-order valence-electron chi connectivity index (χ4n) is 4.65. The van der Waals surface area contributed by atoms with Crippen molar-refractivity contribution in [2.75, 3.05) is 0 Å². The molecule has 1 amide bonds. The molecule has 0 bridgehead atoms. The van der Waals surface area contributed by atoms with Crippen LogP contribution < -0.4 is 0 Å². The van der Waals surface area contributed by atoms with Crippen molar-refractivity contribution < 1.29 is 14.3 Å². The minimum absolute atomic E-state index is 0.133. The number of esters is 1. The summed E-state index contributed by atoms with van der Waals surface area (Å²) in [6.45, 7) is 7.55. The molecule has 4 heteroatoms. The van der Waals surface area contributed by atoms with Gasteiger partial charge in [0.25, 0.3) is 5.91 Å². The Morgan fingerprint density at radius 2 is 1.57 bits per heavy atom. The monoisotopic (exact) mass is 401 g/mol. The molecular weight excluding hydrogens is 374 g/mol. The average molecular weight is 402 g/mol. The molecule has 1 saturated heterocycles. The molecule has 30 heavy (non-hydrogen) atoms. The molecule has 1 heterocycles. The summed E-state index contributed by atoms with van der Waals surface area (Å²) in [5.41, 5.74) is -0.558. The first-order valence-electron chi connectivity index (χ1n) is 10.4. The van der Waals surface area contributed by atoms with Gasteiger partial charge in [0.1, 0.15) is 0 Å². The summed E-state index contributed by atoms with van der Waals surface area (Å²) in [6, 6.07) is 23.3. The second-order valence-corrected chi connectivity index (χ2v) is 8.74. The highest BCUT2D eigenvalue weighted by molar-refractivity contribution is 6.09. The molecule has 0 spiro atoms. The van der Waals surface area contributed by atoms with E-state index in [0.717, 1.165) is 16.3 Å². The Labute approximate surface area is 177 Å². The highest BCUT2D eigenvalue weighted by atomic mass is 16.6. The van der Waals surface area contributed by atoms with Crippen LogP contribution >= 0.6 is 0 Å². The molecule has 1 fully saturated rings. The van der Waals surface area contributed by atoms with Crippen molar-refractivity contribution in [3.05, 3.63) is 83.9 Å². The van der Waals surface area contributed by atoms with E-state index in [2.05, 4.69) is 0 Å².